The molecule has 1 aromatic heterocycles. The first-order valence-corrected chi connectivity index (χ1v) is 8.45. The van der Waals surface area contributed by atoms with E-state index >= 15 is 0 Å². The Hall–Kier alpha value is -1.01. The molecule has 0 aliphatic heterocycles. The largest absolute Gasteiger partial charge is 0.457 e. The summed E-state index contributed by atoms with van der Waals surface area (Å²) in [7, 11) is 1.33. The van der Waals surface area contributed by atoms with Crippen LogP contribution in [0.25, 0.3) is 0 Å². The van der Waals surface area contributed by atoms with E-state index in [0.29, 0.717) is 0 Å². The third-order valence-corrected chi connectivity index (χ3v) is 4.59. The molecule has 106 valence electrons. The number of hydrogen-bond donors (Lipinski definition) is 0. The van der Waals surface area contributed by atoms with Gasteiger partial charge in [-0.05, 0) is 32.6 Å². The molecule has 7 heteroatoms. The van der Waals surface area contributed by atoms with Crippen molar-refractivity contribution in [3.8, 4) is 0 Å². The molecule has 0 unspecified atom stereocenters. The zero-order valence-electron chi connectivity index (χ0n) is 10.5. The maximum atomic E-state index is 11.9. The molecule has 0 spiro atoms. The van der Waals surface area contributed by atoms with E-state index < -0.39 is 15.0 Å². The molecule has 0 N–H and O–H groups in total. The molecule has 0 bridgehead atoms. The predicted octanol–water partition coefficient (Wildman–Crippen LogP) is 3.01. The fourth-order valence-electron chi connectivity index (χ4n) is 2.20. The Morgan fingerprint density at radius 1 is 1.37 bits per heavy atom. The van der Waals surface area contributed by atoms with Gasteiger partial charge in [0.2, 0.25) is 5.76 Å². The van der Waals surface area contributed by atoms with E-state index in [0.717, 1.165) is 38.2 Å². The lowest BCUT2D eigenvalue weighted by Gasteiger charge is -2.21. The average Bonchev–Trinajstić information content (AvgIpc) is 2.72. The minimum Gasteiger partial charge on any atom is -0.457 e. The average molecular weight is 307 g/mol. The lowest BCUT2D eigenvalue weighted by molar-refractivity contribution is 0.0176. The van der Waals surface area contributed by atoms with Gasteiger partial charge in [-0.2, -0.15) is 0 Å². The Bertz CT molecular complexity index is 569. The zero-order valence-corrected chi connectivity index (χ0v) is 12.1. The standard InChI is InChI=1S/C12H15ClO5S/c1-8-11(19(13,15)16)7-10(17-8)12(14)18-9-5-3-2-4-6-9/h7,9H,2-6H2,1H3. The molecule has 1 heterocycles. The Kier molecular flexibility index (Phi) is 4.20. The van der Waals surface area contributed by atoms with Crippen LogP contribution in [-0.2, 0) is 13.8 Å². The first-order chi connectivity index (χ1) is 8.88. The van der Waals surface area contributed by atoms with Crippen molar-refractivity contribution in [3.63, 3.8) is 0 Å². The molecule has 1 fully saturated rings. The highest BCUT2D eigenvalue weighted by molar-refractivity contribution is 8.13. The van der Waals surface area contributed by atoms with Crippen LogP contribution in [0, 0.1) is 6.92 Å². The Labute approximate surface area is 116 Å². The molecule has 19 heavy (non-hydrogen) atoms. The van der Waals surface area contributed by atoms with Gasteiger partial charge in [0.25, 0.3) is 9.05 Å². The molecular weight excluding hydrogens is 292 g/mol. The van der Waals surface area contributed by atoms with Crippen molar-refractivity contribution in [1.82, 2.24) is 0 Å². The number of hydrogen-bond acceptors (Lipinski definition) is 5. The number of rotatable bonds is 3. The van der Waals surface area contributed by atoms with Crippen molar-refractivity contribution in [2.24, 2.45) is 0 Å². The van der Waals surface area contributed by atoms with Crippen LogP contribution in [0.1, 0.15) is 48.4 Å². The van der Waals surface area contributed by atoms with Crippen molar-refractivity contribution in [2.75, 3.05) is 0 Å². The van der Waals surface area contributed by atoms with Crippen LogP contribution < -0.4 is 0 Å². The van der Waals surface area contributed by atoms with Crippen LogP contribution in [0.4, 0.5) is 0 Å². The summed E-state index contributed by atoms with van der Waals surface area (Å²) in [6.07, 6.45) is 4.80. The number of carbonyl (C=O) groups excluding carboxylic acids is 1. The van der Waals surface area contributed by atoms with Crippen molar-refractivity contribution in [2.45, 2.75) is 50.0 Å². The predicted molar refractivity (Wildman–Crippen MR) is 68.8 cm³/mol. The third kappa shape index (κ3) is 3.51. The van der Waals surface area contributed by atoms with Gasteiger partial charge in [-0.25, -0.2) is 13.2 Å². The van der Waals surface area contributed by atoms with Gasteiger partial charge in [0.15, 0.2) is 0 Å². The summed E-state index contributed by atoms with van der Waals surface area (Å²) in [6.45, 7) is 1.44. The van der Waals surface area contributed by atoms with E-state index in [1.54, 1.807) is 0 Å². The van der Waals surface area contributed by atoms with Crippen LogP contribution in [0.5, 0.6) is 0 Å². The van der Waals surface area contributed by atoms with Gasteiger partial charge in [-0.1, -0.05) is 6.42 Å². The summed E-state index contributed by atoms with van der Waals surface area (Å²) in [4.78, 5) is 11.7. The second-order valence-electron chi connectivity index (χ2n) is 4.63. The SMILES string of the molecule is Cc1oc(C(=O)OC2CCCCC2)cc1S(=O)(=O)Cl. The minimum atomic E-state index is -3.91. The van der Waals surface area contributed by atoms with Crippen molar-refractivity contribution in [3.05, 3.63) is 17.6 Å². The quantitative estimate of drug-likeness (QED) is 0.634. The molecule has 1 aliphatic carbocycles. The molecule has 0 saturated heterocycles. The van der Waals surface area contributed by atoms with E-state index in [1.165, 1.54) is 6.92 Å². The molecule has 2 rings (SSSR count). The Morgan fingerprint density at radius 3 is 2.53 bits per heavy atom. The van der Waals surface area contributed by atoms with Crippen LogP contribution in [0.15, 0.2) is 15.4 Å². The highest BCUT2D eigenvalue weighted by atomic mass is 35.7. The highest BCUT2D eigenvalue weighted by Gasteiger charge is 2.25. The van der Waals surface area contributed by atoms with E-state index in [4.69, 9.17) is 19.8 Å². The summed E-state index contributed by atoms with van der Waals surface area (Å²) >= 11 is 0. The zero-order chi connectivity index (χ0) is 14.0. The van der Waals surface area contributed by atoms with E-state index in [9.17, 15) is 13.2 Å². The second kappa shape index (κ2) is 5.54. The molecule has 0 radical (unpaired) electrons. The molecule has 1 aliphatic rings. The lowest BCUT2D eigenvalue weighted by Crippen LogP contribution is -2.20. The second-order valence-corrected chi connectivity index (χ2v) is 7.17. The van der Waals surface area contributed by atoms with Gasteiger partial charge >= 0.3 is 5.97 Å². The summed E-state index contributed by atoms with van der Waals surface area (Å²) in [5.74, 6) is -0.672. The summed E-state index contributed by atoms with van der Waals surface area (Å²) in [6, 6.07) is 1.11. The van der Waals surface area contributed by atoms with Crippen LogP contribution in [0.3, 0.4) is 0 Å². The van der Waals surface area contributed by atoms with Crippen molar-refractivity contribution >= 4 is 25.7 Å². The number of halogens is 1. The van der Waals surface area contributed by atoms with Gasteiger partial charge in [0.05, 0.1) is 0 Å². The molecule has 0 aromatic carbocycles. The molecule has 1 aromatic rings. The van der Waals surface area contributed by atoms with Crippen molar-refractivity contribution < 1.29 is 22.4 Å². The van der Waals surface area contributed by atoms with E-state index in [2.05, 4.69) is 0 Å². The number of furan rings is 1. The number of carbonyl (C=O) groups is 1. The van der Waals surface area contributed by atoms with Gasteiger partial charge in [-0.15, -0.1) is 0 Å². The fourth-order valence-corrected chi connectivity index (χ4v) is 3.29. The molecule has 0 atom stereocenters. The molecule has 0 amide bonds. The first kappa shape index (κ1) is 14.4. The number of ether oxygens (including phenoxy) is 1. The lowest BCUT2D eigenvalue weighted by atomic mass is 9.98. The monoisotopic (exact) mass is 306 g/mol. The van der Waals surface area contributed by atoms with Crippen LogP contribution in [0.2, 0.25) is 0 Å². The Balaban J connectivity index is 2.11. The fraction of sp³-hybridized carbons (Fsp3) is 0.583. The molecule has 1 saturated carbocycles. The first-order valence-electron chi connectivity index (χ1n) is 6.14. The van der Waals surface area contributed by atoms with E-state index in [1.807, 2.05) is 0 Å². The summed E-state index contributed by atoms with van der Waals surface area (Å²) in [5.41, 5.74) is 0. The van der Waals surface area contributed by atoms with Crippen LogP contribution in [-0.4, -0.2) is 20.5 Å². The maximum Gasteiger partial charge on any atom is 0.374 e. The van der Waals surface area contributed by atoms with Crippen LogP contribution >= 0.6 is 10.7 Å². The number of esters is 1. The summed E-state index contributed by atoms with van der Waals surface area (Å²) in [5, 5.41) is 0. The van der Waals surface area contributed by atoms with Gasteiger partial charge < -0.3 is 9.15 Å². The topological polar surface area (TPSA) is 73.6 Å². The van der Waals surface area contributed by atoms with E-state index in [-0.39, 0.29) is 22.5 Å². The molecule has 5 nitrogen and oxygen atoms in total. The highest BCUT2D eigenvalue weighted by Crippen LogP contribution is 2.26. The Morgan fingerprint density at radius 2 is 2.00 bits per heavy atom. The normalized spacial score (nSPS) is 17.4. The number of aryl methyl sites for hydroxylation is 1. The smallest absolute Gasteiger partial charge is 0.374 e. The molecular formula is C12H15ClO5S. The van der Waals surface area contributed by atoms with Crippen molar-refractivity contribution in [1.29, 1.82) is 0 Å². The van der Waals surface area contributed by atoms with Gasteiger partial charge in [0.1, 0.15) is 16.8 Å². The van der Waals surface area contributed by atoms with Gasteiger partial charge in [-0.3, -0.25) is 0 Å². The third-order valence-electron chi connectivity index (χ3n) is 3.16. The minimum absolute atomic E-state index is 0.0885. The summed E-state index contributed by atoms with van der Waals surface area (Å²) < 4.78 is 32.9. The maximum absolute atomic E-state index is 11.9. The van der Waals surface area contributed by atoms with Gasteiger partial charge in [0, 0.05) is 16.7 Å².